The summed E-state index contributed by atoms with van der Waals surface area (Å²) in [5.41, 5.74) is 4.42. The highest BCUT2D eigenvalue weighted by atomic mass is 79.9. The molecular formula is C23H20BrClN2O4. The summed E-state index contributed by atoms with van der Waals surface area (Å²) in [5, 5.41) is 4.71. The Balaban J connectivity index is 1.77. The number of amides is 1. The third kappa shape index (κ3) is 5.99. The third-order valence-corrected chi connectivity index (χ3v) is 5.01. The van der Waals surface area contributed by atoms with E-state index in [2.05, 4.69) is 26.5 Å². The quantitative estimate of drug-likeness (QED) is 0.327. The summed E-state index contributed by atoms with van der Waals surface area (Å²) in [5.74, 6) is 1.09. The molecule has 0 aliphatic rings. The molecule has 0 atom stereocenters. The molecule has 1 amide bonds. The molecule has 8 heteroatoms. The Hall–Kier alpha value is -3.03. The average Bonchev–Trinajstić information content (AvgIpc) is 2.77. The number of hydrogen-bond donors (Lipinski definition) is 1. The van der Waals surface area contributed by atoms with Gasteiger partial charge in [0.1, 0.15) is 12.4 Å². The second-order valence-corrected chi connectivity index (χ2v) is 7.69. The van der Waals surface area contributed by atoms with E-state index in [9.17, 15) is 4.79 Å². The molecule has 0 aliphatic heterocycles. The minimum absolute atomic E-state index is 0.295. The van der Waals surface area contributed by atoms with Gasteiger partial charge in [-0.05, 0) is 48.0 Å². The molecule has 0 spiro atoms. The maximum atomic E-state index is 12.5. The lowest BCUT2D eigenvalue weighted by molar-refractivity contribution is 0.0952. The van der Waals surface area contributed by atoms with Gasteiger partial charge >= 0.3 is 0 Å². The molecular weight excluding hydrogens is 484 g/mol. The number of para-hydroxylation sites is 1. The van der Waals surface area contributed by atoms with Gasteiger partial charge in [-0.2, -0.15) is 5.10 Å². The lowest BCUT2D eigenvalue weighted by Gasteiger charge is -2.13. The number of benzene rings is 3. The Bertz CT molecular complexity index is 1100. The number of nitrogens with zero attached hydrogens (tertiary/aromatic N) is 1. The van der Waals surface area contributed by atoms with E-state index in [4.69, 9.17) is 25.8 Å². The minimum atomic E-state index is -0.404. The summed E-state index contributed by atoms with van der Waals surface area (Å²) >= 11 is 9.40. The summed E-state index contributed by atoms with van der Waals surface area (Å²) in [4.78, 5) is 12.5. The van der Waals surface area contributed by atoms with Crippen molar-refractivity contribution in [2.45, 2.75) is 6.61 Å². The zero-order valence-corrected chi connectivity index (χ0v) is 19.2. The first-order valence-corrected chi connectivity index (χ1v) is 10.4. The molecule has 0 bridgehead atoms. The summed E-state index contributed by atoms with van der Waals surface area (Å²) in [6, 6.07) is 18.0. The molecule has 3 aromatic rings. The molecule has 0 fully saturated rings. The van der Waals surface area contributed by atoms with Crippen LogP contribution in [0.5, 0.6) is 17.2 Å². The third-order valence-electron chi connectivity index (χ3n) is 4.28. The summed E-state index contributed by atoms with van der Waals surface area (Å²) in [6.07, 6.45) is 1.50. The standard InChI is InChI=1S/C23H20BrClN2O4/c1-29-20-10-9-17(24)12-19(20)23(28)27-26-13-16-6-4-8-21(30-2)22(16)31-14-15-5-3-7-18(25)11-15/h3-13H,14H2,1-2H3,(H,27,28)/b26-13-. The minimum Gasteiger partial charge on any atom is -0.496 e. The molecule has 3 rings (SSSR count). The SMILES string of the molecule is COc1ccc(Br)cc1C(=O)N/N=C\c1cccc(OC)c1OCc1cccc(Cl)c1. The first kappa shape index (κ1) is 22.7. The zero-order chi connectivity index (χ0) is 22.2. The summed E-state index contributed by atoms with van der Waals surface area (Å²) < 4.78 is 17.4. The maximum Gasteiger partial charge on any atom is 0.275 e. The van der Waals surface area contributed by atoms with Crippen molar-refractivity contribution in [1.82, 2.24) is 5.43 Å². The average molecular weight is 504 g/mol. The maximum absolute atomic E-state index is 12.5. The van der Waals surface area contributed by atoms with Crippen molar-refractivity contribution in [1.29, 1.82) is 0 Å². The molecule has 0 aromatic heterocycles. The van der Waals surface area contributed by atoms with Gasteiger partial charge < -0.3 is 14.2 Å². The highest BCUT2D eigenvalue weighted by Gasteiger charge is 2.13. The van der Waals surface area contributed by atoms with Crippen molar-refractivity contribution in [3.05, 3.63) is 86.8 Å². The number of halogens is 2. The van der Waals surface area contributed by atoms with Gasteiger partial charge in [0.15, 0.2) is 11.5 Å². The van der Waals surface area contributed by atoms with Crippen LogP contribution in [0.25, 0.3) is 0 Å². The number of methoxy groups -OCH3 is 2. The van der Waals surface area contributed by atoms with Crippen LogP contribution < -0.4 is 19.6 Å². The van der Waals surface area contributed by atoms with Crippen LogP contribution in [0.4, 0.5) is 0 Å². The molecule has 1 N–H and O–H groups in total. The molecule has 160 valence electrons. The van der Waals surface area contributed by atoms with Gasteiger partial charge in [-0.15, -0.1) is 0 Å². The fourth-order valence-corrected chi connectivity index (χ4v) is 3.38. The van der Waals surface area contributed by atoms with Crippen LogP contribution in [-0.4, -0.2) is 26.3 Å². The smallest absolute Gasteiger partial charge is 0.275 e. The molecule has 0 heterocycles. The van der Waals surface area contributed by atoms with Gasteiger partial charge in [-0.1, -0.05) is 45.7 Å². The van der Waals surface area contributed by atoms with Crippen LogP contribution in [0.1, 0.15) is 21.5 Å². The van der Waals surface area contributed by atoms with Gasteiger partial charge in [-0.25, -0.2) is 5.43 Å². The van der Waals surface area contributed by atoms with Crippen molar-refractivity contribution < 1.29 is 19.0 Å². The number of carbonyl (C=O) groups excluding carboxylic acids is 1. The zero-order valence-electron chi connectivity index (χ0n) is 16.9. The topological polar surface area (TPSA) is 69.2 Å². The fourth-order valence-electron chi connectivity index (χ4n) is 2.81. The molecule has 0 unspecified atom stereocenters. The van der Waals surface area contributed by atoms with Crippen LogP contribution in [0.2, 0.25) is 5.02 Å². The van der Waals surface area contributed by atoms with Gasteiger partial charge in [-0.3, -0.25) is 4.79 Å². The Morgan fingerprint density at radius 2 is 1.84 bits per heavy atom. The number of carbonyl (C=O) groups is 1. The van der Waals surface area contributed by atoms with E-state index in [0.717, 1.165) is 10.0 Å². The summed E-state index contributed by atoms with van der Waals surface area (Å²) in [6.45, 7) is 0.295. The first-order valence-electron chi connectivity index (χ1n) is 9.23. The van der Waals surface area contributed by atoms with Crippen LogP contribution in [-0.2, 0) is 6.61 Å². The lowest BCUT2D eigenvalue weighted by Crippen LogP contribution is -2.18. The normalized spacial score (nSPS) is 10.7. The van der Waals surface area contributed by atoms with Crippen LogP contribution in [0.3, 0.4) is 0 Å². The number of ether oxygens (including phenoxy) is 3. The van der Waals surface area contributed by atoms with Crippen molar-refractivity contribution in [3.63, 3.8) is 0 Å². The highest BCUT2D eigenvalue weighted by Crippen LogP contribution is 2.31. The van der Waals surface area contributed by atoms with Crippen LogP contribution in [0, 0.1) is 0 Å². The molecule has 0 aliphatic carbocycles. The van der Waals surface area contributed by atoms with E-state index in [-0.39, 0.29) is 0 Å². The monoisotopic (exact) mass is 502 g/mol. The lowest BCUT2D eigenvalue weighted by atomic mass is 10.2. The molecule has 31 heavy (non-hydrogen) atoms. The molecule has 0 saturated carbocycles. The molecule has 0 saturated heterocycles. The number of nitrogens with one attached hydrogen (secondary N) is 1. The first-order chi connectivity index (χ1) is 15.0. The van der Waals surface area contributed by atoms with Gasteiger partial charge in [0.05, 0.1) is 26.0 Å². The highest BCUT2D eigenvalue weighted by molar-refractivity contribution is 9.10. The van der Waals surface area contributed by atoms with Crippen molar-refractivity contribution in [2.24, 2.45) is 5.10 Å². The van der Waals surface area contributed by atoms with E-state index >= 15 is 0 Å². The fraction of sp³-hybridized carbons (Fsp3) is 0.130. The second-order valence-electron chi connectivity index (χ2n) is 6.34. The van der Waals surface area contributed by atoms with Crippen LogP contribution in [0.15, 0.2) is 70.2 Å². The van der Waals surface area contributed by atoms with Gasteiger partial charge in [0.25, 0.3) is 5.91 Å². The van der Waals surface area contributed by atoms with E-state index in [0.29, 0.717) is 40.0 Å². The number of rotatable bonds is 8. The van der Waals surface area contributed by atoms with Crippen molar-refractivity contribution >= 4 is 39.7 Å². The predicted molar refractivity (Wildman–Crippen MR) is 125 cm³/mol. The van der Waals surface area contributed by atoms with Crippen molar-refractivity contribution in [2.75, 3.05) is 14.2 Å². The van der Waals surface area contributed by atoms with Gasteiger partial charge in [0, 0.05) is 15.1 Å². The van der Waals surface area contributed by atoms with E-state index < -0.39 is 5.91 Å². The van der Waals surface area contributed by atoms with E-state index in [1.54, 1.807) is 37.4 Å². The Kier molecular flexibility index (Phi) is 7.92. The van der Waals surface area contributed by atoms with Crippen LogP contribution >= 0.6 is 27.5 Å². The summed E-state index contributed by atoms with van der Waals surface area (Å²) in [7, 11) is 3.06. The molecule has 0 radical (unpaired) electrons. The molecule has 6 nitrogen and oxygen atoms in total. The van der Waals surface area contributed by atoms with E-state index in [1.165, 1.54) is 13.3 Å². The second kappa shape index (κ2) is 10.8. The Labute approximate surface area is 193 Å². The largest absolute Gasteiger partial charge is 0.496 e. The Morgan fingerprint density at radius 1 is 1.06 bits per heavy atom. The Morgan fingerprint density at radius 3 is 2.58 bits per heavy atom. The van der Waals surface area contributed by atoms with E-state index in [1.807, 2.05) is 30.3 Å². The number of hydrogen-bond acceptors (Lipinski definition) is 5. The number of hydrazone groups is 1. The van der Waals surface area contributed by atoms with Gasteiger partial charge in [0.2, 0.25) is 0 Å². The molecule has 3 aromatic carbocycles. The van der Waals surface area contributed by atoms with Crippen molar-refractivity contribution in [3.8, 4) is 17.2 Å². The predicted octanol–water partition coefficient (Wildman–Crippen LogP) is 5.46.